The molecule has 0 aliphatic carbocycles. The van der Waals surface area contributed by atoms with Crippen molar-refractivity contribution in [3.63, 3.8) is 0 Å². The third-order valence-corrected chi connectivity index (χ3v) is 4.08. The van der Waals surface area contributed by atoms with Gasteiger partial charge in [0.1, 0.15) is 11.6 Å². The first kappa shape index (κ1) is 19.2. The summed E-state index contributed by atoms with van der Waals surface area (Å²) in [6.45, 7) is 1.85. The summed E-state index contributed by atoms with van der Waals surface area (Å²) in [5.41, 5.74) is 1.83. The first-order valence-electron chi connectivity index (χ1n) is 8.57. The van der Waals surface area contributed by atoms with Crippen molar-refractivity contribution in [3.8, 4) is 6.07 Å². The molecule has 1 amide bonds. The number of hydrogen-bond donors (Lipinski definition) is 3. The van der Waals surface area contributed by atoms with Gasteiger partial charge in [-0.2, -0.15) is 5.26 Å². The zero-order valence-electron chi connectivity index (χ0n) is 14.7. The summed E-state index contributed by atoms with van der Waals surface area (Å²) in [6.07, 6.45) is 2.05. The largest absolute Gasteiger partial charge is 0.394 e. The molecule has 0 saturated heterocycles. The zero-order valence-corrected chi connectivity index (χ0v) is 14.7. The van der Waals surface area contributed by atoms with E-state index in [1.54, 1.807) is 0 Å². The zero-order chi connectivity index (χ0) is 18.8. The van der Waals surface area contributed by atoms with Gasteiger partial charge in [-0.05, 0) is 17.5 Å². The molecule has 0 aromatic heterocycles. The molecule has 1 atom stereocenters. The second kappa shape index (κ2) is 10.0. The Balaban J connectivity index is 2.23. The molecule has 0 saturated carbocycles. The van der Waals surface area contributed by atoms with Gasteiger partial charge in [0.2, 0.25) is 0 Å². The van der Waals surface area contributed by atoms with Crippen molar-refractivity contribution < 1.29 is 9.90 Å². The first-order chi connectivity index (χ1) is 12.7. The number of amides is 1. The van der Waals surface area contributed by atoms with Crippen LogP contribution >= 0.6 is 0 Å². The van der Waals surface area contributed by atoms with Crippen LogP contribution < -0.4 is 10.6 Å². The Morgan fingerprint density at radius 2 is 1.65 bits per heavy atom. The predicted molar refractivity (Wildman–Crippen MR) is 101 cm³/mol. The van der Waals surface area contributed by atoms with E-state index in [9.17, 15) is 15.2 Å². The third kappa shape index (κ3) is 5.20. The maximum absolute atomic E-state index is 12.6. The van der Waals surface area contributed by atoms with Crippen molar-refractivity contribution in [2.24, 2.45) is 0 Å². The van der Waals surface area contributed by atoms with Crippen LogP contribution in [0.4, 0.5) is 0 Å². The average molecular weight is 349 g/mol. The lowest BCUT2D eigenvalue weighted by Gasteiger charge is -2.20. The van der Waals surface area contributed by atoms with Gasteiger partial charge in [0.05, 0.1) is 12.6 Å². The molecule has 134 valence electrons. The summed E-state index contributed by atoms with van der Waals surface area (Å²) < 4.78 is 0. The van der Waals surface area contributed by atoms with Crippen molar-refractivity contribution in [3.05, 3.63) is 83.6 Å². The summed E-state index contributed by atoms with van der Waals surface area (Å²) in [5.74, 6) is -0.467. The van der Waals surface area contributed by atoms with Gasteiger partial charge in [0.25, 0.3) is 5.91 Å². The van der Waals surface area contributed by atoms with E-state index in [0.717, 1.165) is 11.1 Å². The second-order valence-electron chi connectivity index (χ2n) is 5.85. The summed E-state index contributed by atoms with van der Waals surface area (Å²) >= 11 is 0. The van der Waals surface area contributed by atoms with E-state index < -0.39 is 5.91 Å². The molecule has 0 aliphatic heterocycles. The van der Waals surface area contributed by atoms with Gasteiger partial charge in [-0.1, -0.05) is 67.6 Å². The summed E-state index contributed by atoms with van der Waals surface area (Å²) in [5, 5.41) is 24.4. The average Bonchev–Trinajstić information content (AvgIpc) is 2.70. The number of rotatable bonds is 8. The molecule has 3 N–H and O–H groups in total. The van der Waals surface area contributed by atoms with Crippen LogP contribution in [0.1, 0.15) is 30.5 Å². The number of aliphatic hydroxyl groups is 1. The van der Waals surface area contributed by atoms with Crippen LogP contribution in [0, 0.1) is 11.3 Å². The van der Waals surface area contributed by atoms with E-state index in [0.29, 0.717) is 6.42 Å². The molecule has 0 bridgehead atoms. The molecule has 2 aromatic carbocycles. The monoisotopic (exact) mass is 349 g/mol. The van der Waals surface area contributed by atoms with Gasteiger partial charge in [0.15, 0.2) is 0 Å². The van der Waals surface area contributed by atoms with Crippen LogP contribution in [0.3, 0.4) is 0 Å². The minimum absolute atomic E-state index is 0.0336. The van der Waals surface area contributed by atoms with Crippen molar-refractivity contribution >= 4 is 5.91 Å². The number of aliphatic hydroxyl groups excluding tert-OH is 1. The number of nitrogens with one attached hydrogen (secondary N) is 2. The molecular formula is C21H23N3O2. The third-order valence-electron chi connectivity index (χ3n) is 4.08. The quantitative estimate of drug-likeness (QED) is 0.505. The first-order valence-corrected chi connectivity index (χ1v) is 8.57. The minimum atomic E-state index is -0.467. The van der Waals surface area contributed by atoms with E-state index in [2.05, 4.69) is 10.6 Å². The van der Waals surface area contributed by atoms with Crippen molar-refractivity contribution in [2.45, 2.75) is 25.4 Å². The molecule has 0 aliphatic rings. The maximum Gasteiger partial charge on any atom is 0.264 e. The molecule has 2 aromatic rings. The SMILES string of the molecule is CCC(CO)N/C=C(/C#N)C(=O)NC(c1ccccc1)c1ccccc1. The predicted octanol–water partition coefficient (Wildman–Crippen LogP) is 2.66. The Labute approximate surface area is 154 Å². The smallest absolute Gasteiger partial charge is 0.264 e. The lowest BCUT2D eigenvalue weighted by molar-refractivity contribution is -0.117. The Kier molecular flexibility index (Phi) is 7.41. The molecule has 0 radical (unpaired) electrons. The molecule has 2 rings (SSSR count). The Bertz CT molecular complexity index is 723. The molecule has 1 unspecified atom stereocenters. The molecule has 0 fully saturated rings. The normalized spacial score (nSPS) is 12.3. The number of hydrogen-bond acceptors (Lipinski definition) is 4. The van der Waals surface area contributed by atoms with Crippen LogP contribution in [0.25, 0.3) is 0 Å². The van der Waals surface area contributed by atoms with E-state index in [-0.39, 0.29) is 24.3 Å². The van der Waals surface area contributed by atoms with Crippen LogP contribution in [0.15, 0.2) is 72.4 Å². The lowest BCUT2D eigenvalue weighted by Crippen LogP contribution is -2.32. The van der Waals surface area contributed by atoms with Crippen molar-refractivity contribution in [2.75, 3.05) is 6.61 Å². The van der Waals surface area contributed by atoms with E-state index >= 15 is 0 Å². The van der Waals surface area contributed by atoms with Crippen LogP contribution in [-0.2, 0) is 4.79 Å². The van der Waals surface area contributed by atoms with Gasteiger partial charge < -0.3 is 15.7 Å². The second-order valence-corrected chi connectivity index (χ2v) is 5.85. The van der Waals surface area contributed by atoms with Crippen LogP contribution in [-0.4, -0.2) is 23.7 Å². The molecule has 0 spiro atoms. The van der Waals surface area contributed by atoms with Crippen molar-refractivity contribution in [1.82, 2.24) is 10.6 Å². The van der Waals surface area contributed by atoms with E-state index in [1.165, 1.54) is 6.20 Å². The van der Waals surface area contributed by atoms with E-state index in [1.807, 2.05) is 73.7 Å². The Hall–Kier alpha value is -3.10. The summed E-state index contributed by atoms with van der Waals surface area (Å²) in [4.78, 5) is 12.6. The molecule has 26 heavy (non-hydrogen) atoms. The highest BCUT2D eigenvalue weighted by molar-refractivity contribution is 5.97. The highest BCUT2D eigenvalue weighted by atomic mass is 16.3. The van der Waals surface area contributed by atoms with Crippen molar-refractivity contribution in [1.29, 1.82) is 5.26 Å². The molecule has 5 heteroatoms. The standard InChI is InChI=1S/C21H23N3O2/c1-2-19(15-25)23-14-18(13-22)21(26)24-20(16-9-5-3-6-10-16)17-11-7-4-8-12-17/h3-12,14,19-20,23,25H,2,15H2,1H3,(H,24,26)/b18-14-. The van der Waals surface area contributed by atoms with Gasteiger partial charge in [-0.25, -0.2) is 0 Å². The molecule has 5 nitrogen and oxygen atoms in total. The fraction of sp³-hybridized carbons (Fsp3) is 0.238. The van der Waals surface area contributed by atoms with Gasteiger partial charge >= 0.3 is 0 Å². The van der Waals surface area contributed by atoms with E-state index in [4.69, 9.17) is 0 Å². The Morgan fingerprint density at radius 1 is 1.12 bits per heavy atom. The Morgan fingerprint density at radius 3 is 2.08 bits per heavy atom. The topological polar surface area (TPSA) is 85.2 Å². The number of carbonyl (C=O) groups excluding carboxylic acids is 1. The number of benzene rings is 2. The number of nitriles is 1. The van der Waals surface area contributed by atoms with Crippen LogP contribution in [0.2, 0.25) is 0 Å². The fourth-order valence-electron chi connectivity index (χ4n) is 2.51. The number of nitrogens with zero attached hydrogens (tertiary/aromatic N) is 1. The van der Waals surface area contributed by atoms with Gasteiger partial charge in [0, 0.05) is 12.2 Å². The lowest BCUT2D eigenvalue weighted by atomic mass is 9.98. The maximum atomic E-state index is 12.6. The minimum Gasteiger partial charge on any atom is -0.394 e. The highest BCUT2D eigenvalue weighted by Crippen LogP contribution is 2.22. The van der Waals surface area contributed by atoms with Gasteiger partial charge in [-0.3, -0.25) is 4.79 Å². The molecule has 0 heterocycles. The summed E-state index contributed by atoms with van der Waals surface area (Å²) in [7, 11) is 0. The van der Waals surface area contributed by atoms with Crippen LogP contribution in [0.5, 0.6) is 0 Å². The summed E-state index contributed by atoms with van der Waals surface area (Å²) in [6, 6.07) is 20.6. The molecular weight excluding hydrogens is 326 g/mol. The fourth-order valence-corrected chi connectivity index (χ4v) is 2.51. The van der Waals surface area contributed by atoms with Gasteiger partial charge in [-0.15, -0.1) is 0 Å². The number of carbonyl (C=O) groups is 1. The highest BCUT2D eigenvalue weighted by Gasteiger charge is 2.19.